The first-order valence-electron chi connectivity index (χ1n) is 12.4. The van der Waals surface area contributed by atoms with Crippen molar-refractivity contribution in [2.75, 3.05) is 40.5 Å². The van der Waals surface area contributed by atoms with Gasteiger partial charge in [0.25, 0.3) is 0 Å². The van der Waals surface area contributed by atoms with E-state index >= 15 is 0 Å². The normalized spacial score (nSPS) is 23.5. The van der Waals surface area contributed by atoms with Gasteiger partial charge in [0.15, 0.2) is 0 Å². The number of likely N-dealkylation sites (tertiary alicyclic amines) is 1. The number of hydrogen-bond donors (Lipinski definition) is 0. The first kappa shape index (κ1) is 24.7. The number of carbonyl (C=O) groups is 3. The minimum atomic E-state index is -0.801. The molecule has 4 rings (SSSR count). The summed E-state index contributed by atoms with van der Waals surface area (Å²) in [5, 5.41) is 1.39. The predicted molar refractivity (Wildman–Crippen MR) is 124 cm³/mol. The quantitative estimate of drug-likeness (QED) is 0.427. The van der Waals surface area contributed by atoms with Crippen molar-refractivity contribution in [1.29, 1.82) is 0 Å². The van der Waals surface area contributed by atoms with Gasteiger partial charge in [-0.3, -0.25) is 19.2 Å². The van der Waals surface area contributed by atoms with Crippen LogP contribution in [0.2, 0.25) is 0 Å². The van der Waals surface area contributed by atoms with E-state index in [1.807, 2.05) is 23.1 Å². The number of ether oxygens (including phenoxy) is 2. The molecular formula is C26H36N2O6. The molecule has 1 aliphatic carbocycles. The molecule has 34 heavy (non-hydrogen) atoms. The largest absolute Gasteiger partial charge is 0.469 e. The van der Waals surface area contributed by atoms with Crippen LogP contribution in [0.25, 0.3) is 0 Å². The average molecular weight is 473 g/mol. The van der Waals surface area contributed by atoms with Gasteiger partial charge in [0.1, 0.15) is 0 Å². The van der Waals surface area contributed by atoms with Crippen LogP contribution in [0.3, 0.4) is 0 Å². The fraction of sp³-hybridized carbons (Fsp3) is 0.654. The zero-order valence-electron chi connectivity index (χ0n) is 20.2. The van der Waals surface area contributed by atoms with E-state index in [0.29, 0.717) is 38.5 Å². The maximum Gasteiger partial charge on any atom is 0.311 e. The van der Waals surface area contributed by atoms with Crippen molar-refractivity contribution in [1.82, 2.24) is 9.96 Å². The number of benzene rings is 1. The number of piperidine rings is 1. The minimum absolute atomic E-state index is 0.0579. The summed E-state index contributed by atoms with van der Waals surface area (Å²) in [5.41, 5.74) is 0.275. The summed E-state index contributed by atoms with van der Waals surface area (Å²) >= 11 is 0. The lowest BCUT2D eigenvalue weighted by Gasteiger charge is -2.46. The smallest absolute Gasteiger partial charge is 0.311 e. The van der Waals surface area contributed by atoms with Crippen LogP contribution >= 0.6 is 0 Å². The van der Waals surface area contributed by atoms with Crippen LogP contribution in [-0.4, -0.2) is 73.8 Å². The molecule has 0 unspecified atom stereocenters. The summed E-state index contributed by atoms with van der Waals surface area (Å²) < 4.78 is 10.1. The topological polar surface area (TPSA) is 85.4 Å². The second-order valence-corrected chi connectivity index (χ2v) is 9.66. The number of carbonyl (C=O) groups excluding carboxylic acids is 3. The summed E-state index contributed by atoms with van der Waals surface area (Å²) in [6.07, 6.45) is 5.49. The molecule has 3 fully saturated rings. The molecule has 0 N–H and O–H groups in total. The van der Waals surface area contributed by atoms with Crippen molar-refractivity contribution in [2.45, 2.75) is 56.4 Å². The van der Waals surface area contributed by atoms with Gasteiger partial charge in [-0.2, -0.15) is 0 Å². The number of amides is 2. The number of esters is 1. The van der Waals surface area contributed by atoms with Crippen molar-refractivity contribution >= 4 is 17.8 Å². The van der Waals surface area contributed by atoms with E-state index in [0.717, 1.165) is 18.4 Å². The van der Waals surface area contributed by atoms with E-state index in [1.165, 1.54) is 25.0 Å². The molecule has 0 radical (unpaired) electrons. The standard InChI is InChI=1S/C26H36N2O6/c1-32-16-17-34-28-22(29)18-21(25(31)33-2)26(28)12-14-27(15-13-26)24(30)23(20-10-6-7-11-20)19-8-4-3-5-9-19/h3-5,8-9,20-21,23H,6-7,10-18H2,1-2H3/t21-,23-/m1/s1. The van der Waals surface area contributed by atoms with E-state index in [-0.39, 0.29) is 30.8 Å². The summed E-state index contributed by atoms with van der Waals surface area (Å²) in [5.74, 6) is -0.870. The van der Waals surface area contributed by atoms with Gasteiger partial charge in [-0.15, -0.1) is 0 Å². The summed E-state index contributed by atoms with van der Waals surface area (Å²) in [6.45, 7) is 1.51. The number of methoxy groups -OCH3 is 2. The Morgan fingerprint density at radius 3 is 2.35 bits per heavy atom. The zero-order chi connectivity index (χ0) is 24.1. The SMILES string of the molecule is COCCON1C(=O)C[C@H](C(=O)OC)C12CCN(C(=O)[C@H](c1ccccc1)C1CCCC1)CC2. The Labute approximate surface area is 201 Å². The molecule has 1 spiro atoms. The molecule has 2 saturated heterocycles. The van der Waals surface area contributed by atoms with Crippen molar-refractivity contribution < 1.29 is 28.7 Å². The number of hydrogen-bond acceptors (Lipinski definition) is 6. The van der Waals surface area contributed by atoms with Gasteiger partial charge < -0.3 is 14.4 Å². The van der Waals surface area contributed by atoms with E-state index in [4.69, 9.17) is 14.3 Å². The summed E-state index contributed by atoms with van der Waals surface area (Å²) in [4.78, 5) is 47.0. The van der Waals surface area contributed by atoms with E-state index in [1.54, 1.807) is 7.11 Å². The Hall–Kier alpha value is -2.45. The maximum atomic E-state index is 13.8. The first-order valence-corrected chi connectivity index (χ1v) is 12.4. The molecule has 3 aliphatic rings. The van der Waals surface area contributed by atoms with Gasteiger partial charge in [0.2, 0.25) is 11.8 Å². The molecule has 8 heteroatoms. The number of hydroxylamine groups is 2. The van der Waals surface area contributed by atoms with Crippen molar-refractivity contribution in [3.63, 3.8) is 0 Å². The Kier molecular flexibility index (Phi) is 7.88. The molecule has 0 bridgehead atoms. The van der Waals surface area contributed by atoms with Gasteiger partial charge in [-0.1, -0.05) is 43.2 Å². The third-order valence-electron chi connectivity index (χ3n) is 7.89. The van der Waals surface area contributed by atoms with Crippen molar-refractivity contribution in [3.8, 4) is 0 Å². The van der Waals surface area contributed by atoms with E-state index < -0.39 is 17.4 Å². The van der Waals surface area contributed by atoms with Crippen LogP contribution in [0.5, 0.6) is 0 Å². The Balaban J connectivity index is 1.53. The monoisotopic (exact) mass is 472 g/mol. The molecule has 1 saturated carbocycles. The van der Waals surface area contributed by atoms with E-state index in [9.17, 15) is 14.4 Å². The molecule has 2 heterocycles. The summed E-state index contributed by atoms with van der Waals surface area (Å²) in [7, 11) is 2.92. The highest BCUT2D eigenvalue weighted by Crippen LogP contribution is 2.45. The maximum absolute atomic E-state index is 13.8. The average Bonchev–Trinajstić information content (AvgIpc) is 3.48. The molecular weight excluding hydrogens is 436 g/mol. The zero-order valence-corrected chi connectivity index (χ0v) is 20.2. The highest BCUT2D eigenvalue weighted by molar-refractivity contribution is 5.89. The molecule has 8 nitrogen and oxygen atoms in total. The second kappa shape index (κ2) is 10.9. The lowest BCUT2D eigenvalue weighted by atomic mass is 9.76. The van der Waals surface area contributed by atoms with Crippen LogP contribution in [0, 0.1) is 11.8 Å². The van der Waals surface area contributed by atoms with Crippen molar-refractivity contribution in [2.24, 2.45) is 11.8 Å². The molecule has 2 amide bonds. The van der Waals surface area contributed by atoms with Crippen LogP contribution in [0.4, 0.5) is 0 Å². The molecule has 2 aliphatic heterocycles. The highest BCUT2D eigenvalue weighted by Gasteiger charge is 2.59. The van der Waals surface area contributed by atoms with Crippen LogP contribution < -0.4 is 0 Å². The highest BCUT2D eigenvalue weighted by atomic mass is 16.7. The number of nitrogens with zero attached hydrogens (tertiary/aromatic N) is 2. The summed E-state index contributed by atoms with van der Waals surface area (Å²) in [6, 6.07) is 10.1. The second-order valence-electron chi connectivity index (χ2n) is 9.66. The van der Waals surface area contributed by atoms with Crippen LogP contribution in [-0.2, 0) is 28.7 Å². The molecule has 2 atom stereocenters. The lowest BCUT2D eigenvalue weighted by Crippen LogP contribution is -2.58. The molecule has 1 aromatic rings. The minimum Gasteiger partial charge on any atom is -0.469 e. The van der Waals surface area contributed by atoms with Crippen LogP contribution in [0.1, 0.15) is 56.4 Å². The van der Waals surface area contributed by atoms with Gasteiger partial charge in [-0.05, 0) is 37.2 Å². The third kappa shape index (κ3) is 4.70. The third-order valence-corrected chi connectivity index (χ3v) is 7.89. The Bertz CT molecular complexity index is 861. The Morgan fingerprint density at radius 1 is 1.06 bits per heavy atom. The molecule has 1 aromatic carbocycles. The lowest BCUT2D eigenvalue weighted by molar-refractivity contribution is -0.226. The van der Waals surface area contributed by atoms with Crippen LogP contribution in [0.15, 0.2) is 30.3 Å². The fourth-order valence-electron chi connectivity index (χ4n) is 6.12. The Morgan fingerprint density at radius 2 is 1.74 bits per heavy atom. The van der Waals surface area contributed by atoms with Gasteiger partial charge in [-0.25, -0.2) is 5.06 Å². The van der Waals surface area contributed by atoms with Crippen molar-refractivity contribution in [3.05, 3.63) is 35.9 Å². The predicted octanol–water partition coefficient (Wildman–Crippen LogP) is 2.92. The number of rotatable bonds is 8. The van der Waals surface area contributed by atoms with Gasteiger partial charge >= 0.3 is 5.97 Å². The van der Waals surface area contributed by atoms with Gasteiger partial charge in [0.05, 0.1) is 37.7 Å². The van der Waals surface area contributed by atoms with E-state index in [2.05, 4.69) is 12.1 Å². The first-order chi connectivity index (χ1) is 16.5. The fourth-order valence-corrected chi connectivity index (χ4v) is 6.12. The van der Waals surface area contributed by atoms with Gasteiger partial charge in [0, 0.05) is 26.6 Å². The molecule has 186 valence electrons. The molecule has 0 aromatic heterocycles.